The molecule has 4 nitrogen and oxygen atoms in total. The molecule has 0 aliphatic heterocycles. The number of H-pyrrole nitrogens is 1. The summed E-state index contributed by atoms with van der Waals surface area (Å²) >= 11 is 0. The van der Waals surface area contributed by atoms with Crippen molar-refractivity contribution in [3.05, 3.63) is 60.3 Å². The fourth-order valence-corrected chi connectivity index (χ4v) is 3.56. The molecule has 1 N–H and O–H groups in total. The summed E-state index contributed by atoms with van der Waals surface area (Å²) in [5.41, 5.74) is 2.70. The normalized spacial score (nSPS) is 11.7. The van der Waals surface area contributed by atoms with E-state index in [9.17, 15) is 8.42 Å². The van der Waals surface area contributed by atoms with E-state index in [-0.39, 0.29) is 4.90 Å². The Morgan fingerprint density at radius 3 is 2.43 bits per heavy atom. The zero-order valence-corrected chi connectivity index (χ0v) is 12.7. The van der Waals surface area contributed by atoms with Crippen LogP contribution in [0.2, 0.25) is 0 Å². The maximum atomic E-state index is 12.6. The maximum Gasteiger partial charge on any atom is 0.264 e. The smallest absolute Gasteiger partial charge is 0.264 e. The number of fused-ring (bicyclic) bond motifs is 1. The number of aromatic amines is 1. The third-order valence-electron chi connectivity index (χ3n) is 3.50. The van der Waals surface area contributed by atoms with E-state index in [1.165, 1.54) is 4.31 Å². The van der Waals surface area contributed by atoms with Gasteiger partial charge in [0.05, 0.1) is 10.6 Å². The molecule has 0 unspecified atom stereocenters. The molecule has 0 aliphatic rings. The quantitative estimate of drug-likeness (QED) is 0.807. The van der Waals surface area contributed by atoms with Crippen molar-refractivity contribution in [3.8, 4) is 0 Å². The number of rotatable bonds is 3. The first-order chi connectivity index (χ1) is 9.98. The molecule has 21 heavy (non-hydrogen) atoms. The van der Waals surface area contributed by atoms with Crippen molar-refractivity contribution in [2.24, 2.45) is 0 Å². The number of hydrogen-bond donors (Lipinski definition) is 1. The van der Waals surface area contributed by atoms with Gasteiger partial charge in [0, 0.05) is 23.6 Å². The van der Waals surface area contributed by atoms with Crippen molar-refractivity contribution in [2.45, 2.75) is 11.8 Å². The number of aromatic nitrogens is 1. The lowest BCUT2D eigenvalue weighted by atomic mass is 10.2. The summed E-state index contributed by atoms with van der Waals surface area (Å²) in [4.78, 5) is 3.52. The van der Waals surface area contributed by atoms with Crippen LogP contribution < -0.4 is 4.31 Å². The van der Waals surface area contributed by atoms with Gasteiger partial charge in [0.1, 0.15) is 0 Å². The summed E-state index contributed by atoms with van der Waals surface area (Å²) in [5, 5.41) is 1.00. The predicted octanol–water partition coefficient (Wildman–Crippen LogP) is 3.30. The number of aryl methyl sites for hydroxylation is 1. The van der Waals surface area contributed by atoms with E-state index in [0.717, 1.165) is 16.6 Å². The van der Waals surface area contributed by atoms with Crippen LogP contribution in [0.1, 0.15) is 5.69 Å². The Kier molecular flexibility index (Phi) is 3.22. The van der Waals surface area contributed by atoms with Crippen LogP contribution in [0.3, 0.4) is 0 Å². The van der Waals surface area contributed by atoms with Crippen LogP contribution in [-0.2, 0) is 10.0 Å². The fourth-order valence-electron chi connectivity index (χ4n) is 2.35. The summed E-state index contributed by atoms with van der Waals surface area (Å²) < 4.78 is 26.5. The van der Waals surface area contributed by atoms with Gasteiger partial charge in [-0.05, 0) is 43.3 Å². The highest BCUT2D eigenvalue weighted by molar-refractivity contribution is 7.92. The third kappa shape index (κ3) is 2.40. The van der Waals surface area contributed by atoms with Gasteiger partial charge >= 0.3 is 0 Å². The topological polar surface area (TPSA) is 53.2 Å². The van der Waals surface area contributed by atoms with Crippen molar-refractivity contribution in [2.75, 3.05) is 11.4 Å². The number of nitrogens with one attached hydrogen (secondary N) is 1. The Bertz CT molecular complexity index is 883. The molecular weight excluding hydrogens is 284 g/mol. The van der Waals surface area contributed by atoms with Crippen molar-refractivity contribution >= 4 is 26.6 Å². The maximum absolute atomic E-state index is 12.6. The standard InChI is InChI=1S/C16H16N2O2S/c1-12-10-13-11-14(8-9-16(13)17-12)18(2)21(19,20)15-6-4-3-5-7-15/h3-11,17H,1-2H3. The fraction of sp³-hybridized carbons (Fsp3) is 0.125. The summed E-state index contributed by atoms with van der Waals surface area (Å²) in [6.45, 7) is 1.98. The number of benzene rings is 2. The summed E-state index contributed by atoms with van der Waals surface area (Å²) in [7, 11) is -1.96. The van der Waals surface area contributed by atoms with Gasteiger partial charge < -0.3 is 4.98 Å². The van der Waals surface area contributed by atoms with Crippen molar-refractivity contribution in [1.82, 2.24) is 4.98 Å². The Balaban J connectivity index is 2.05. The highest BCUT2D eigenvalue weighted by Crippen LogP contribution is 2.26. The lowest BCUT2D eigenvalue weighted by Gasteiger charge is -2.19. The molecule has 0 spiro atoms. The molecule has 5 heteroatoms. The monoisotopic (exact) mass is 300 g/mol. The molecule has 0 aliphatic carbocycles. The molecule has 3 rings (SSSR count). The third-order valence-corrected chi connectivity index (χ3v) is 5.30. The molecule has 2 aromatic carbocycles. The summed E-state index contributed by atoms with van der Waals surface area (Å²) in [5.74, 6) is 0. The second-order valence-electron chi connectivity index (χ2n) is 5.01. The van der Waals surface area contributed by atoms with Gasteiger partial charge in [0.25, 0.3) is 10.0 Å². The minimum atomic E-state index is -3.53. The molecule has 0 radical (unpaired) electrons. The average molecular weight is 300 g/mol. The van der Waals surface area contributed by atoms with Crippen molar-refractivity contribution in [3.63, 3.8) is 0 Å². The van der Waals surface area contributed by atoms with Gasteiger partial charge in [-0.15, -0.1) is 0 Å². The predicted molar refractivity (Wildman–Crippen MR) is 85.1 cm³/mol. The minimum absolute atomic E-state index is 0.290. The summed E-state index contributed by atoms with van der Waals surface area (Å²) in [6, 6.07) is 16.0. The largest absolute Gasteiger partial charge is 0.359 e. The van der Waals surface area contributed by atoms with Crippen LogP contribution in [-0.4, -0.2) is 20.4 Å². The molecule has 0 amide bonds. The van der Waals surface area contributed by atoms with E-state index in [1.807, 2.05) is 25.1 Å². The molecule has 3 aromatic rings. The molecule has 0 saturated heterocycles. The van der Waals surface area contributed by atoms with E-state index < -0.39 is 10.0 Å². The van der Waals surface area contributed by atoms with E-state index in [0.29, 0.717) is 5.69 Å². The van der Waals surface area contributed by atoms with Gasteiger partial charge in [-0.1, -0.05) is 18.2 Å². The minimum Gasteiger partial charge on any atom is -0.359 e. The van der Waals surface area contributed by atoms with Crippen LogP contribution in [0.4, 0.5) is 5.69 Å². The molecule has 0 saturated carbocycles. The second-order valence-corrected chi connectivity index (χ2v) is 6.98. The molecule has 1 aromatic heterocycles. The SMILES string of the molecule is Cc1cc2cc(N(C)S(=O)(=O)c3ccccc3)ccc2[nH]1. The number of anilines is 1. The molecule has 0 atom stereocenters. The molecule has 0 fully saturated rings. The lowest BCUT2D eigenvalue weighted by Crippen LogP contribution is -2.26. The highest BCUT2D eigenvalue weighted by atomic mass is 32.2. The van der Waals surface area contributed by atoms with Crippen LogP contribution in [0.25, 0.3) is 10.9 Å². The molecule has 1 heterocycles. The Morgan fingerprint density at radius 2 is 1.71 bits per heavy atom. The van der Waals surface area contributed by atoms with Gasteiger partial charge in [0.2, 0.25) is 0 Å². The van der Waals surface area contributed by atoms with Gasteiger partial charge in [0.15, 0.2) is 0 Å². The van der Waals surface area contributed by atoms with Gasteiger partial charge in [-0.3, -0.25) is 4.31 Å². The number of sulfonamides is 1. The Morgan fingerprint density at radius 1 is 1.00 bits per heavy atom. The van der Waals surface area contributed by atoms with Gasteiger partial charge in [-0.2, -0.15) is 0 Å². The van der Waals surface area contributed by atoms with Crippen molar-refractivity contribution in [1.29, 1.82) is 0 Å². The van der Waals surface area contributed by atoms with Crippen LogP contribution in [0.5, 0.6) is 0 Å². The van der Waals surface area contributed by atoms with Crippen LogP contribution in [0.15, 0.2) is 59.5 Å². The molecule has 0 bridgehead atoms. The van der Waals surface area contributed by atoms with Crippen molar-refractivity contribution < 1.29 is 8.42 Å². The van der Waals surface area contributed by atoms with Crippen LogP contribution in [0, 0.1) is 6.92 Å². The molecule has 108 valence electrons. The Labute approximate surface area is 124 Å². The van der Waals surface area contributed by atoms with Gasteiger partial charge in [-0.25, -0.2) is 8.42 Å². The highest BCUT2D eigenvalue weighted by Gasteiger charge is 2.21. The lowest BCUT2D eigenvalue weighted by molar-refractivity contribution is 0.594. The average Bonchev–Trinajstić information content (AvgIpc) is 2.86. The first-order valence-corrected chi connectivity index (χ1v) is 8.06. The van der Waals surface area contributed by atoms with E-state index in [2.05, 4.69) is 4.98 Å². The zero-order valence-electron chi connectivity index (χ0n) is 11.9. The first kappa shape index (κ1) is 13.7. The zero-order chi connectivity index (χ0) is 15.0. The summed E-state index contributed by atoms with van der Waals surface area (Å²) in [6.07, 6.45) is 0. The van der Waals surface area contributed by atoms with E-state index in [1.54, 1.807) is 43.4 Å². The number of hydrogen-bond acceptors (Lipinski definition) is 2. The number of nitrogens with zero attached hydrogens (tertiary/aromatic N) is 1. The second kappa shape index (κ2) is 4.93. The van der Waals surface area contributed by atoms with E-state index >= 15 is 0 Å². The first-order valence-electron chi connectivity index (χ1n) is 6.62. The van der Waals surface area contributed by atoms with Crippen LogP contribution >= 0.6 is 0 Å². The molecular formula is C16H16N2O2S. The Hall–Kier alpha value is -2.27. The van der Waals surface area contributed by atoms with E-state index in [4.69, 9.17) is 0 Å².